The lowest BCUT2D eigenvalue weighted by atomic mass is 10.0. The highest BCUT2D eigenvalue weighted by atomic mass is 35.5. The molecule has 26 heavy (non-hydrogen) atoms. The van der Waals surface area contributed by atoms with Crippen molar-refractivity contribution in [3.05, 3.63) is 34.9 Å². The number of carbonyl (C=O) groups excluding carboxylic acids is 3. The molecule has 1 rings (SSSR count). The maximum atomic E-state index is 12.4. The number of ether oxygens (including phenoxy) is 1. The number of likely N-dealkylation sites (N-methyl/N-ethyl adjacent to an activating group) is 1. The maximum Gasteiger partial charge on any atom is 0.329 e. The molecular weight excluding hydrogens is 356 g/mol. The van der Waals surface area contributed by atoms with Crippen molar-refractivity contribution in [2.45, 2.75) is 46.2 Å². The second kappa shape index (κ2) is 10.2. The van der Waals surface area contributed by atoms with Crippen LogP contribution in [0.5, 0.6) is 0 Å². The monoisotopic (exact) mass is 382 g/mol. The Labute approximate surface area is 159 Å². The van der Waals surface area contributed by atoms with E-state index in [9.17, 15) is 14.4 Å². The summed E-state index contributed by atoms with van der Waals surface area (Å²) in [5, 5.41) is 3.20. The second-order valence-corrected chi connectivity index (χ2v) is 7.31. The predicted molar refractivity (Wildman–Crippen MR) is 101 cm³/mol. The summed E-state index contributed by atoms with van der Waals surface area (Å²) in [5.41, 5.74) is 0.395. The van der Waals surface area contributed by atoms with Gasteiger partial charge in [0.2, 0.25) is 0 Å². The Kier molecular flexibility index (Phi) is 8.58. The molecule has 6 nitrogen and oxygen atoms in total. The van der Waals surface area contributed by atoms with Gasteiger partial charge >= 0.3 is 5.97 Å². The van der Waals surface area contributed by atoms with E-state index in [0.29, 0.717) is 17.0 Å². The van der Waals surface area contributed by atoms with Crippen LogP contribution in [0.4, 0.5) is 0 Å². The molecule has 1 aromatic carbocycles. The van der Waals surface area contributed by atoms with Gasteiger partial charge < -0.3 is 15.0 Å². The van der Waals surface area contributed by atoms with E-state index in [1.165, 1.54) is 4.90 Å². The Balaban J connectivity index is 2.73. The van der Waals surface area contributed by atoms with Gasteiger partial charge in [0.25, 0.3) is 11.8 Å². The minimum Gasteiger partial charge on any atom is -0.454 e. The minimum atomic E-state index is -0.824. The molecule has 1 N–H and O–H groups in total. The van der Waals surface area contributed by atoms with Crippen molar-refractivity contribution < 1.29 is 19.1 Å². The van der Waals surface area contributed by atoms with Gasteiger partial charge in [-0.2, -0.15) is 0 Å². The molecule has 1 atom stereocenters. The molecule has 0 heterocycles. The number of carbonyl (C=O) groups is 3. The number of esters is 1. The Morgan fingerprint density at radius 2 is 1.69 bits per heavy atom. The molecule has 0 aliphatic carbocycles. The van der Waals surface area contributed by atoms with Gasteiger partial charge in [0.1, 0.15) is 6.04 Å². The van der Waals surface area contributed by atoms with E-state index in [4.69, 9.17) is 16.3 Å². The van der Waals surface area contributed by atoms with Crippen molar-refractivity contribution in [2.24, 2.45) is 5.92 Å². The molecule has 144 valence electrons. The van der Waals surface area contributed by atoms with Crippen molar-refractivity contribution in [1.82, 2.24) is 10.2 Å². The van der Waals surface area contributed by atoms with Crippen LogP contribution < -0.4 is 5.32 Å². The number of rotatable bonds is 8. The summed E-state index contributed by atoms with van der Waals surface area (Å²) in [6, 6.07) is 5.56. The first-order chi connectivity index (χ1) is 12.1. The quantitative estimate of drug-likeness (QED) is 0.701. The molecule has 0 saturated heterocycles. The van der Waals surface area contributed by atoms with E-state index < -0.39 is 17.9 Å². The van der Waals surface area contributed by atoms with E-state index >= 15 is 0 Å². The third-order valence-electron chi connectivity index (χ3n) is 3.91. The average Bonchev–Trinajstić information content (AvgIpc) is 2.57. The average molecular weight is 383 g/mol. The van der Waals surface area contributed by atoms with Gasteiger partial charge in [0, 0.05) is 23.7 Å². The van der Waals surface area contributed by atoms with Crippen LogP contribution in [0.15, 0.2) is 24.3 Å². The van der Waals surface area contributed by atoms with Crippen LogP contribution >= 0.6 is 11.6 Å². The Bertz CT molecular complexity index is 629. The molecule has 0 saturated carbocycles. The summed E-state index contributed by atoms with van der Waals surface area (Å²) in [4.78, 5) is 38.2. The van der Waals surface area contributed by atoms with Crippen LogP contribution in [0.25, 0.3) is 0 Å². The molecule has 1 aromatic rings. The normalized spacial score (nSPS) is 12.0. The zero-order valence-electron chi connectivity index (χ0n) is 15.9. The second-order valence-electron chi connectivity index (χ2n) is 6.87. The molecule has 0 aromatic heterocycles. The molecule has 0 spiro atoms. The van der Waals surface area contributed by atoms with E-state index in [1.807, 2.05) is 27.7 Å². The zero-order valence-corrected chi connectivity index (χ0v) is 16.7. The number of amides is 2. The van der Waals surface area contributed by atoms with Gasteiger partial charge in [0.05, 0.1) is 0 Å². The smallest absolute Gasteiger partial charge is 0.329 e. The highest BCUT2D eigenvalue weighted by Crippen LogP contribution is 2.12. The molecule has 0 radical (unpaired) electrons. The number of halogens is 1. The number of nitrogens with zero attached hydrogens (tertiary/aromatic N) is 1. The third kappa shape index (κ3) is 7.04. The Morgan fingerprint density at radius 1 is 1.12 bits per heavy atom. The van der Waals surface area contributed by atoms with Gasteiger partial charge in [-0.3, -0.25) is 9.59 Å². The molecule has 0 aliphatic rings. The minimum absolute atomic E-state index is 0.0114. The SMILES string of the molecule is CC(C)CC(NC(=O)c1ccc(Cl)cc1)C(=O)OCC(=O)N(C)C(C)C. The van der Waals surface area contributed by atoms with Gasteiger partial charge in [-0.05, 0) is 50.5 Å². The lowest BCUT2D eigenvalue weighted by Crippen LogP contribution is -2.44. The van der Waals surface area contributed by atoms with Crippen molar-refractivity contribution >= 4 is 29.4 Å². The van der Waals surface area contributed by atoms with Gasteiger partial charge in [0.15, 0.2) is 6.61 Å². The summed E-state index contributed by atoms with van der Waals surface area (Å²) in [5.74, 6) is -1.14. The van der Waals surface area contributed by atoms with E-state index in [1.54, 1.807) is 31.3 Å². The summed E-state index contributed by atoms with van der Waals surface area (Å²) < 4.78 is 5.13. The van der Waals surface area contributed by atoms with Gasteiger partial charge in [-0.1, -0.05) is 25.4 Å². The van der Waals surface area contributed by atoms with Crippen molar-refractivity contribution in [1.29, 1.82) is 0 Å². The summed E-state index contributed by atoms with van der Waals surface area (Å²) >= 11 is 5.82. The first kappa shape index (κ1) is 22.0. The lowest BCUT2D eigenvalue weighted by Gasteiger charge is -2.23. The number of nitrogens with one attached hydrogen (secondary N) is 1. The number of benzene rings is 1. The first-order valence-electron chi connectivity index (χ1n) is 8.60. The number of hydrogen-bond acceptors (Lipinski definition) is 4. The standard InChI is InChI=1S/C19H27ClN2O4/c1-12(2)10-16(19(25)26-11-17(23)22(5)13(3)4)21-18(24)14-6-8-15(20)9-7-14/h6-9,12-13,16H,10-11H2,1-5H3,(H,21,24). The van der Waals surface area contributed by atoms with Gasteiger partial charge in [-0.15, -0.1) is 0 Å². The lowest BCUT2D eigenvalue weighted by molar-refractivity contribution is -0.154. The first-order valence-corrected chi connectivity index (χ1v) is 8.98. The van der Waals surface area contributed by atoms with Gasteiger partial charge in [-0.25, -0.2) is 4.79 Å². The van der Waals surface area contributed by atoms with E-state index in [2.05, 4.69) is 5.32 Å². The molecular formula is C19H27ClN2O4. The molecule has 7 heteroatoms. The third-order valence-corrected chi connectivity index (χ3v) is 4.16. The molecule has 0 fully saturated rings. The zero-order chi connectivity index (χ0) is 19.9. The fraction of sp³-hybridized carbons (Fsp3) is 0.526. The molecule has 2 amide bonds. The number of hydrogen-bond donors (Lipinski definition) is 1. The molecule has 0 bridgehead atoms. The van der Waals surface area contributed by atoms with Crippen LogP contribution in [-0.4, -0.2) is 48.4 Å². The molecule has 0 aliphatic heterocycles. The van der Waals surface area contributed by atoms with Crippen LogP contribution in [0.2, 0.25) is 5.02 Å². The Hall–Kier alpha value is -2.08. The Morgan fingerprint density at radius 3 is 2.19 bits per heavy atom. The van der Waals surface area contributed by atoms with Crippen LogP contribution in [0, 0.1) is 5.92 Å². The summed E-state index contributed by atoms with van der Waals surface area (Å²) in [6.07, 6.45) is 0.409. The summed E-state index contributed by atoms with van der Waals surface area (Å²) in [7, 11) is 1.65. The summed E-state index contributed by atoms with van der Waals surface area (Å²) in [6.45, 7) is 7.26. The van der Waals surface area contributed by atoms with Crippen molar-refractivity contribution in [2.75, 3.05) is 13.7 Å². The van der Waals surface area contributed by atoms with Crippen molar-refractivity contribution in [3.8, 4) is 0 Å². The van der Waals surface area contributed by atoms with Crippen LogP contribution in [0.3, 0.4) is 0 Å². The van der Waals surface area contributed by atoms with Crippen LogP contribution in [-0.2, 0) is 14.3 Å². The van der Waals surface area contributed by atoms with E-state index in [-0.39, 0.29) is 24.5 Å². The highest BCUT2D eigenvalue weighted by Gasteiger charge is 2.25. The van der Waals surface area contributed by atoms with Crippen molar-refractivity contribution in [3.63, 3.8) is 0 Å². The highest BCUT2D eigenvalue weighted by molar-refractivity contribution is 6.30. The molecule has 1 unspecified atom stereocenters. The largest absolute Gasteiger partial charge is 0.454 e. The van der Waals surface area contributed by atoms with Crippen LogP contribution in [0.1, 0.15) is 44.5 Å². The fourth-order valence-corrected chi connectivity index (χ4v) is 2.28. The maximum absolute atomic E-state index is 12.4. The predicted octanol–water partition coefficient (Wildman–Crippen LogP) is 2.89. The fourth-order valence-electron chi connectivity index (χ4n) is 2.15. The topological polar surface area (TPSA) is 75.7 Å². The van der Waals surface area contributed by atoms with E-state index in [0.717, 1.165) is 0 Å².